The van der Waals surface area contributed by atoms with Crippen molar-refractivity contribution in [3.8, 4) is 0 Å². The molecule has 0 saturated carbocycles. The Kier molecular flexibility index (Phi) is 3.49. The fourth-order valence-corrected chi connectivity index (χ4v) is 4.07. The molecule has 1 aliphatic heterocycles. The van der Waals surface area contributed by atoms with Crippen LogP contribution in [-0.4, -0.2) is 38.0 Å². The Bertz CT molecular complexity index is 779. The highest BCUT2D eigenvalue weighted by molar-refractivity contribution is 7.09. The number of thiazole rings is 1. The third kappa shape index (κ3) is 2.35. The van der Waals surface area contributed by atoms with Crippen LogP contribution in [0.2, 0.25) is 0 Å². The highest BCUT2D eigenvalue weighted by Crippen LogP contribution is 2.32. The number of hydrogen-bond acceptors (Lipinski definition) is 6. The lowest BCUT2D eigenvalue weighted by Crippen LogP contribution is -2.35. The molecule has 1 fully saturated rings. The van der Waals surface area contributed by atoms with Crippen LogP contribution < -0.4 is 4.90 Å². The molecule has 4 rings (SSSR count). The largest absolute Gasteiger partial charge is 0.354 e. The predicted octanol–water partition coefficient (Wildman–Crippen LogP) is 2.76. The van der Waals surface area contributed by atoms with Gasteiger partial charge in [0.15, 0.2) is 11.5 Å². The molecule has 0 spiro atoms. The third-order valence-corrected chi connectivity index (χ3v) is 5.26. The van der Waals surface area contributed by atoms with Crippen molar-refractivity contribution in [3.63, 3.8) is 0 Å². The summed E-state index contributed by atoms with van der Waals surface area (Å²) in [6.45, 7) is 4.14. The van der Waals surface area contributed by atoms with E-state index in [1.165, 1.54) is 17.1 Å². The maximum Gasteiger partial charge on any atom is 0.182 e. The van der Waals surface area contributed by atoms with Gasteiger partial charge < -0.3 is 9.88 Å². The topological polar surface area (TPSA) is 70.6 Å². The van der Waals surface area contributed by atoms with Crippen molar-refractivity contribution in [2.45, 2.75) is 32.1 Å². The minimum Gasteiger partial charge on any atom is -0.354 e. The fourth-order valence-electron chi connectivity index (χ4n) is 3.04. The summed E-state index contributed by atoms with van der Waals surface area (Å²) in [7, 11) is 0. The molecule has 3 aromatic heterocycles. The van der Waals surface area contributed by atoms with Gasteiger partial charge in [-0.3, -0.25) is 0 Å². The molecule has 0 aliphatic carbocycles. The van der Waals surface area contributed by atoms with E-state index in [-0.39, 0.29) is 0 Å². The first kappa shape index (κ1) is 13.6. The van der Waals surface area contributed by atoms with E-state index < -0.39 is 0 Å². The molecule has 0 radical (unpaired) electrons. The average Bonchev–Trinajstić information content (AvgIpc) is 3.23. The Hall–Kier alpha value is -2.02. The van der Waals surface area contributed by atoms with Gasteiger partial charge in [0.1, 0.15) is 11.8 Å². The predicted molar refractivity (Wildman–Crippen MR) is 87.4 cm³/mol. The van der Waals surface area contributed by atoms with Crippen molar-refractivity contribution >= 4 is 28.3 Å². The number of nitrogens with zero attached hydrogens (tertiary/aromatic N) is 5. The van der Waals surface area contributed by atoms with Crippen molar-refractivity contribution in [2.75, 3.05) is 18.0 Å². The molecule has 6 nitrogen and oxygen atoms in total. The highest BCUT2D eigenvalue weighted by Gasteiger charge is 2.26. The van der Waals surface area contributed by atoms with Crippen LogP contribution >= 0.6 is 11.3 Å². The van der Waals surface area contributed by atoms with Crippen LogP contribution in [0.1, 0.15) is 36.4 Å². The number of imidazole rings is 1. The smallest absolute Gasteiger partial charge is 0.182 e. The number of aromatic amines is 1. The van der Waals surface area contributed by atoms with E-state index >= 15 is 0 Å². The second-order valence-corrected chi connectivity index (χ2v) is 6.50. The van der Waals surface area contributed by atoms with E-state index in [0.29, 0.717) is 5.92 Å². The summed E-state index contributed by atoms with van der Waals surface area (Å²) in [5.41, 5.74) is 2.86. The molecule has 0 aromatic carbocycles. The number of fused-ring (bicyclic) bond motifs is 1. The lowest BCUT2D eigenvalue weighted by atomic mass is 9.98. The van der Waals surface area contributed by atoms with Gasteiger partial charge >= 0.3 is 0 Å². The second kappa shape index (κ2) is 5.64. The number of aryl methyl sites for hydroxylation is 1. The quantitative estimate of drug-likeness (QED) is 0.805. The molecule has 3 aromatic rings. The highest BCUT2D eigenvalue weighted by atomic mass is 32.1. The normalized spacial score (nSPS) is 19.0. The van der Waals surface area contributed by atoms with Crippen LogP contribution in [0.15, 0.2) is 18.0 Å². The number of hydrogen-bond donors (Lipinski definition) is 1. The molecule has 0 amide bonds. The van der Waals surface area contributed by atoms with Crippen LogP contribution in [0, 0.1) is 0 Å². The molecule has 1 aliphatic rings. The van der Waals surface area contributed by atoms with E-state index in [1.807, 2.05) is 0 Å². The van der Waals surface area contributed by atoms with E-state index in [1.54, 1.807) is 24.0 Å². The minimum atomic E-state index is 0.493. The zero-order valence-electron chi connectivity index (χ0n) is 12.5. The van der Waals surface area contributed by atoms with Crippen molar-refractivity contribution < 1.29 is 0 Å². The van der Waals surface area contributed by atoms with Crippen molar-refractivity contribution in [1.82, 2.24) is 24.9 Å². The summed E-state index contributed by atoms with van der Waals surface area (Å²) in [5.74, 6) is 1.45. The molecule has 1 saturated heterocycles. The average molecular weight is 314 g/mol. The van der Waals surface area contributed by atoms with Gasteiger partial charge in [-0.2, -0.15) is 0 Å². The first-order chi connectivity index (χ1) is 10.8. The van der Waals surface area contributed by atoms with Gasteiger partial charge in [0.2, 0.25) is 0 Å². The maximum atomic E-state index is 4.77. The minimum absolute atomic E-state index is 0.493. The standard InChI is InChI=1S/C15H18N6S/c1-2-11-7-22-15(20-11)10-4-3-5-21(6-10)14-12-13(17-8-16-12)18-9-19-14/h7-10H,2-6H2,1H3,(H,16,17,18,19)/t10-/m1/s1. The van der Waals surface area contributed by atoms with Crippen LogP contribution in [0.4, 0.5) is 5.82 Å². The summed E-state index contributed by atoms with van der Waals surface area (Å²) < 4.78 is 0. The molecular weight excluding hydrogens is 296 g/mol. The summed E-state index contributed by atoms with van der Waals surface area (Å²) >= 11 is 1.79. The first-order valence-electron chi connectivity index (χ1n) is 7.68. The molecule has 22 heavy (non-hydrogen) atoms. The zero-order chi connectivity index (χ0) is 14.9. The van der Waals surface area contributed by atoms with Crippen molar-refractivity contribution in [2.24, 2.45) is 0 Å². The van der Waals surface area contributed by atoms with E-state index in [9.17, 15) is 0 Å². The third-order valence-electron chi connectivity index (χ3n) is 4.20. The number of H-pyrrole nitrogens is 1. The van der Waals surface area contributed by atoms with Gasteiger partial charge in [0.25, 0.3) is 0 Å². The fraction of sp³-hybridized carbons (Fsp3) is 0.467. The number of piperidine rings is 1. The molecule has 114 valence electrons. The molecule has 1 N–H and O–H groups in total. The van der Waals surface area contributed by atoms with Crippen LogP contribution in [0.5, 0.6) is 0 Å². The van der Waals surface area contributed by atoms with Crippen LogP contribution in [-0.2, 0) is 6.42 Å². The molecule has 4 heterocycles. The van der Waals surface area contributed by atoms with Crippen LogP contribution in [0.3, 0.4) is 0 Å². The molecule has 7 heteroatoms. The summed E-state index contributed by atoms with van der Waals surface area (Å²) in [6.07, 6.45) is 6.64. The monoisotopic (exact) mass is 314 g/mol. The molecule has 1 atom stereocenters. The van der Waals surface area contributed by atoms with Gasteiger partial charge in [-0.1, -0.05) is 6.92 Å². The summed E-state index contributed by atoms with van der Waals surface area (Å²) in [6, 6.07) is 0. The van der Waals surface area contributed by atoms with E-state index in [4.69, 9.17) is 4.98 Å². The molecular formula is C15H18N6S. The van der Waals surface area contributed by atoms with Gasteiger partial charge in [0, 0.05) is 24.4 Å². The Morgan fingerprint density at radius 2 is 2.32 bits per heavy atom. The lowest BCUT2D eigenvalue weighted by molar-refractivity contribution is 0.505. The number of aromatic nitrogens is 5. The van der Waals surface area contributed by atoms with E-state index in [0.717, 1.165) is 42.9 Å². The van der Waals surface area contributed by atoms with Gasteiger partial charge in [-0.25, -0.2) is 19.9 Å². The Balaban J connectivity index is 1.62. The lowest BCUT2D eigenvalue weighted by Gasteiger charge is -2.32. The van der Waals surface area contributed by atoms with E-state index in [2.05, 4.69) is 37.1 Å². The zero-order valence-corrected chi connectivity index (χ0v) is 13.3. The second-order valence-electron chi connectivity index (χ2n) is 5.61. The van der Waals surface area contributed by atoms with Crippen molar-refractivity contribution in [1.29, 1.82) is 0 Å². The summed E-state index contributed by atoms with van der Waals surface area (Å²) in [4.78, 5) is 23.2. The number of rotatable bonds is 3. The van der Waals surface area contributed by atoms with Crippen LogP contribution in [0.25, 0.3) is 11.2 Å². The molecule has 0 bridgehead atoms. The summed E-state index contributed by atoms with van der Waals surface area (Å²) in [5, 5.41) is 3.45. The Morgan fingerprint density at radius 1 is 1.36 bits per heavy atom. The van der Waals surface area contributed by atoms with Gasteiger partial charge in [-0.15, -0.1) is 11.3 Å². The number of nitrogens with one attached hydrogen (secondary N) is 1. The number of anilines is 1. The van der Waals surface area contributed by atoms with Gasteiger partial charge in [0.05, 0.1) is 17.0 Å². The maximum absolute atomic E-state index is 4.77. The van der Waals surface area contributed by atoms with Gasteiger partial charge in [-0.05, 0) is 19.3 Å². The molecule has 0 unspecified atom stereocenters. The Labute approximate surface area is 132 Å². The Morgan fingerprint density at radius 3 is 3.18 bits per heavy atom. The SMILES string of the molecule is CCc1csc([C@@H]2CCCN(c3ncnc4nc[nH]c34)C2)n1. The first-order valence-corrected chi connectivity index (χ1v) is 8.56. The van der Waals surface area contributed by atoms with Crippen molar-refractivity contribution in [3.05, 3.63) is 28.7 Å².